The molecule has 2 heterocycles. The molecule has 124 valence electrons. The summed E-state index contributed by atoms with van der Waals surface area (Å²) in [5.74, 6) is 1.80. The Balaban J connectivity index is 1.57. The van der Waals surface area contributed by atoms with Crippen LogP contribution in [0.5, 0.6) is 5.75 Å². The molecule has 3 aromatic rings. The number of benzene rings is 1. The first kappa shape index (κ1) is 15.9. The van der Waals surface area contributed by atoms with Gasteiger partial charge in [0.2, 0.25) is 0 Å². The molecule has 0 fully saturated rings. The molecular formula is C18H19N3O3. The normalized spacial score (nSPS) is 10.6. The number of hydrogen-bond donors (Lipinski definition) is 1. The minimum Gasteiger partial charge on any atom is -0.484 e. The minimum atomic E-state index is -0.241. The van der Waals surface area contributed by atoms with Gasteiger partial charge in [0.1, 0.15) is 23.9 Å². The van der Waals surface area contributed by atoms with Crippen LogP contribution in [0.15, 0.2) is 53.3 Å². The molecule has 0 spiro atoms. The minimum absolute atomic E-state index is 0.0611. The quantitative estimate of drug-likeness (QED) is 0.756. The van der Waals surface area contributed by atoms with Gasteiger partial charge in [0, 0.05) is 6.07 Å². The van der Waals surface area contributed by atoms with Gasteiger partial charge in [-0.2, -0.15) is 5.10 Å². The second-order valence-electron chi connectivity index (χ2n) is 5.54. The Bertz CT molecular complexity index is 822. The Morgan fingerprint density at radius 2 is 2.12 bits per heavy atom. The van der Waals surface area contributed by atoms with Gasteiger partial charge in [0.15, 0.2) is 6.61 Å². The number of rotatable bonds is 6. The van der Waals surface area contributed by atoms with E-state index in [1.54, 1.807) is 23.2 Å². The Morgan fingerprint density at radius 1 is 1.25 bits per heavy atom. The lowest BCUT2D eigenvalue weighted by Crippen LogP contribution is -2.22. The molecule has 1 amide bonds. The van der Waals surface area contributed by atoms with E-state index < -0.39 is 0 Å². The number of amides is 1. The summed E-state index contributed by atoms with van der Waals surface area (Å²) in [6.07, 6.45) is 3.23. The molecule has 0 aliphatic carbocycles. The maximum atomic E-state index is 12.1. The van der Waals surface area contributed by atoms with Gasteiger partial charge in [-0.1, -0.05) is 6.07 Å². The molecule has 1 N–H and O–H groups in total. The number of carbonyl (C=O) groups excluding carboxylic acids is 1. The van der Waals surface area contributed by atoms with Crippen LogP contribution in [0.4, 0.5) is 5.82 Å². The number of ether oxygens (including phenoxy) is 1. The van der Waals surface area contributed by atoms with Gasteiger partial charge >= 0.3 is 0 Å². The molecule has 2 aromatic heterocycles. The first-order chi connectivity index (χ1) is 11.6. The Labute approximate surface area is 140 Å². The van der Waals surface area contributed by atoms with Crippen LogP contribution in [0, 0.1) is 13.8 Å². The number of anilines is 1. The maximum absolute atomic E-state index is 12.1. The molecule has 0 bridgehead atoms. The fourth-order valence-corrected chi connectivity index (χ4v) is 2.25. The standard InChI is InChI=1S/C18H19N3O3/c1-13-5-6-15(10-14(13)2)24-12-18(22)20-17-7-8-19-21(17)11-16-4-3-9-23-16/h3-10H,11-12H2,1-2H3,(H,20,22). The van der Waals surface area contributed by atoms with Crippen LogP contribution in [0.2, 0.25) is 0 Å². The smallest absolute Gasteiger partial charge is 0.263 e. The zero-order valence-electron chi connectivity index (χ0n) is 13.7. The first-order valence-electron chi connectivity index (χ1n) is 7.66. The van der Waals surface area contributed by atoms with Crippen molar-refractivity contribution in [2.75, 3.05) is 11.9 Å². The van der Waals surface area contributed by atoms with Crippen LogP contribution in [0.1, 0.15) is 16.9 Å². The second-order valence-corrected chi connectivity index (χ2v) is 5.54. The van der Waals surface area contributed by atoms with Crippen LogP contribution >= 0.6 is 0 Å². The number of carbonyl (C=O) groups is 1. The van der Waals surface area contributed by atoms with Crippen molar-refractivity contribution < 1.29 is 13.9 Å². The summed E-state index contributed by atoms with van der Waals surface area (Å²) in [6, 6.07) is 11.2. The van der Waals surface area contributed by atoms with Crippen LogP contribution in [-0.4, -0.2) is 22.3 Å². The van der Waals surface area contributed by atoms with Crippen LogP contribution in [0.3, 0.4) is 0 Å². The third-order valence-corrected chi connectivity index (χ3v) is 3.72. The average molecular weight is 325 g/mol. The molecule has 0 unspecified atom stereocenters. The van der Waals surface area contributed by atoms with Crippen molar-refractivity contribution in [1.82, 2.24) is 9.78 Å². The average Bonchev–Trinajstić information content (AvgIpc) is 3.22. The van der Waals surface area contributed by atoms with Gasteiger partial charge in [-0.15, -0.1) is 0 Å². The van der Waals surface area contributed by atoms with Crippen LogP contribution in [-0.2, 0) is 11.3 Å². The fourth-order valence-electron chi connectivity index (χ4n) is 2.25. The van der Waals surface area contributed by atoms with Crippen LogP contribution in [0.25, 0.3) is 0 Å². The molecule has 6 heteroatoms. The van der Waals surface area contributed by atoms with Crippen molar-refractivity contribution in [3.05, 3.63) is 65.7 Å². The lowest BCUT2D eigenvalue weighted by Gasteiger charge is -2.10. The van der Waals surface area contributed by atoms with Crippen LogP contribution < -0.4 is 10.1 Å². The molecule has 3 rings (SSSR count). The van der Waals surface area contributed by atoms with E-state index >= 15 is 0 Å². The summed E-state index contributed by atoms with van der Waals surface area (Å²) in [7, 11) is 0. The lowest BCUT2D eigenvalue weighted by atomic mass is 10.1. The number of furan rings is 1. The van der Waals surface area contributed by atoms with Crippen molar-refractivity contribution in [3.8, 4) is 5.75 Å². The highest BCUT2D eigenvalue weighted by molar-refractivity contribution is 5.91. The third-order valence-electron chi connectivity index (χ3n) is 3.72. The predicted octanol–water partition coefficient (Wildman–Crippen LogP) is 3.16. The third kappa shape index (κ3) is 3.84. The van der Waals surface area contributed by atoms with Crippen molar-refractivity contribution >= 4 is 11.7 Å². The topological polar surface area (TPSA) is 69.3 Å². The van der Waals surface area contributed by atoms with E-state index in [1.807, 2.05) is 44.2 Å². The van der Waals surface area contributed by atoms with E-state index in [0.29, 0.717) is 18.1 Å². The van der Waals surface area contributed by atoms with Gasteiger partial charge in [-0.25, -0.2) is 4.68 Å². The maximum Gasteiger partial charge on any atom is 0.263 e. The van der Waals surface area contributed by atoms with Gasteiger partial charge in [0.25, 0.3) is 5.91 Å². The molecule has 1 aromatic carbocycles. The Kier molecular flexibility index (Phi) is 4.65. The lowest BCUT2D eigenvalue weighted by molar-refractivity contribution is -0.118. The summed E-state index contributed by atoms with van der Waals surface area (Å²) in [5.41, 5.74) is 2.32. The van der Waals surface area contributed by atoms with Gasteiger partial charge in [-0.05, 0) is 49.2 Å². The van der Waals surface area contributed by atoms with E-state index in [2.05, 4.69) is 10.4 Å². The van der Waals surface area contributed by atoms with E-state index in [0.717, 1.165) is 11.3 Å². The van der Waals surface area contributed by atoms with E-state index in [-0.39, 0.29) is 12.5 Å². The molecule has 0 saturated carbocycles. The number of nitrogens with one attached hydrogen (secondary N) is 1. The van der Waals surface area contributed by atoms with Crippen molar-refractivity contribution in [2.45, 2.75) is 20.4 Å². The Hall–Kier alpha value is -3.02. The number of hydrogen-bond acceptors (Lipinski definition) is 4. The summed E-state index contributed by atoms with van der Waals surface area (Å²) < 4.78 is 12.5. The highest BCUT2D eigenvalue weighted by Gasteiger charge is 2.09. The van der Waals surface area contributed by atoms with Crippen molar-refractivity contribution in [1.29, 1.82) is 0 Å². The largest absolute Gasteiger partial charge is 0.484 e. The molecule has 0 atom stereocenters. The fraction of sp³-hybridized carbons (Fsp3) is 0.222. The summed E-state index contributed by atoms with van der Waals surface area (Å²) in [4.78, 5) is 12.1. The monoisotopic (exact) mass is 325 g/mol. The van der Waals surface area contributed by atoms with Gasteiger partial charge in [-0.3, -0.25) is 4.79 Å². The number of aryl methyl sites for hydroxylation is 2. The summed E-state index contributed by atoms with van der Waals surface area (Å²) >= 11 is 0. The zero-order chi connectivity index (χ0) is 16.9. The number of nitrogens with zero attached hydrogens (tertiary/aromatic N) is 2. The molecule has 0 saturated heterocycles. The molecule has 0 aliphatic heterocycles. The summed E-state index contributed by atoms with van der Waals surface area (Å²) in [5, 5.41) is 6.98. The number of aromatic nitrogens is 2. The summed E-state index contributed by atoms with van der Waals surface area (Å²) in [6.45, 7) is 4.43. The first-order valence-corrected chi connectivity index (χ1v) is 7.66. The highest BCUT2D eigenvalue weighted by Crippen LogP contribution is 2.16. The predicted molar refractivity (Wildman–Crippen MR) is 90.1 cm³/mol. The molecular weight excluding hydrogens is 306 g/mol. The second kappa shape index (κ2) is 7.04. The Morgan fingerprint density at radius 3 is 2.88 bits per heavy atom. The highest BCUT2D eigenvalue weighted by atomic mass is 16.5. The molecule has 24 heavy (non-hydrogen) atoms. The van der Waals surface area contributed by atoms with E-state index in [9.17, 15) is 4.79 Å². The SMILES string of the molecule is Cc1ccc(OCC(=O)Nc2ccnn2Cc2ccco2)cc1C. The molecule has 6 nitrogen and oxygen atoms in total. The van der Waals surface area contributed by atoms with Gasteiger partial charge in [0.05, 0.1) is 12.5 Å². The zero-order valence-corrected chi connectivity index (χ0v) is 13.7. The van der Waals surface area contributed by atoms with E-state index in [1.165, 1.54) is 5.56 Å². The molecule has 0 aliphatic rings. The van der Waals surface area contributed by atoms with Crippen molar-refractivity contribution in [3.63, 3.8) is 0 Å². The van der Waals surface area contributed by atoms with Gasteiger partial charge < -0.3 is 14.5 Å². The molecule has 0 radical (unpaired) electrons. The van der Waals surface area contributed by atoms with Crippen molar-refractivity contribution in [2.24, 2.45) is 0 Å². The van der Waals surface area contributed by atoms with E-state index in [4.69, 9.17) is 9.15 Å².